The van der Waals surface area contributed by atoms with E-state index in [-0.39, 0.29) is 5.41 Å². The maximum absolute atomic E-state index is 5.86. The van der Waals surface area contributed by atoms with E-state index >= 15 is 0 Å². The zero-order chi connectivity index (χ0) is 11.0. The SMILES string of the molecule is NCC1(Cc2nnc3ncccn23)CCC1. The van der Waals surface area contributed by atoms with Gasteiger partial charge in [0.15, 0.2) is 0 Å². The average molecular weight is 217 g/mol. The Morgan fingerprint density at radius 2 is 2.25 bits per heavy atom. The molecule has 84 valence electrons. The van der Waals surface area contributed by atoms with Gasteiger partial charge in [0.05, 0.1) is 0 Å². The summed E-state index contributed by atoms with van der Waals surface area (Å²) in [5.41, 5.74) is 6.12. The highest BCUT2D eigenvalue weighted by molar-refractivity contribution is 5.26. The standard InChI is InChI=1S/C11H15N5/c12-8-11(3-1-4-11)7-9-14-15-10-13-5-2-6-16(9)10/h2,5-6H,1,3-4,7-8,12H2. The van der Waals surface area contributed by atoms with Gasteiger partial charge in [-0.25, -0.2) is 4.98 Å². The lowest BCUT2D eigenvalue weighted by Crippen LogP contribution is -2.39. The Morgan fingerprint density at radius 1 is 1.38 bits per heavy atom. The van der Waals surface area contributed by atoms with E-state index in [1.165, 1.54) is 19.3 Å². The van der Waals surface area contributed by atoms with E-state index in [2.05, 4.69) is 15.2 Å². The van der Waals surface area contributed by atoms with Gasteiger partial charge in [-0.3, -0.25) is 4.40 Å². The number of nitrogens with two attached hydrogens (primary N) is 1. The largest absolute Gasteiger partial charge is 0.330 e. The first-order valence-electron chi connectivity index (χ1n) is 5.68. The van der Waals surface area contributed by atoms with Gasteiger partial charge in [0, 0.05) is 18.8 Å². The van der Waals surface area contributed by atoms with Gasteiger partial charge >= 0.3 is 0 Å². The molecule has 1 aliphatic rings. The summed E-state index contributed by atoms with van der Waals surface area (Å²) in [6, 6.07) is 1.90. The molecule has 2 aromatic rings. The molecule has 5 nitrogen and oxygen atoms in total. The molecule has 0 atom stereocenters. The van der Waals surface area contributed by atoms with E-state index in [0.29, 0.717) is 5.78 Å². The molecule has 0 aliphatic heterocycles. The summed E-state index contributed by atoms with van der Waals surface area (Å²) in [5, 5.41) is 8.26. The van der Waals surface area contributed by atoms with E-state index in [0.717, 1.165) is 18.8 Å². The molecule has 1 fully saturated rings. The second kappa shape index (κ2) is 3.52. The fourth-order valence-electron chi connectivity index (χ4n) is 2.37. The van der Waals surface area contributed by atoms with Crippen LogP contribution in [0.1, 0.15) is 25.1 Å². The zero-order valence-corrected chi connectivity index (χ0v) is 9.13. The lowest BCUT2D eigenvalue weighted by atomic mass is 9.66. The van der Waals surface area contributed by atoms with Gasteiger partial charge in [0.2, 0.25) is 0 Å². The van der Waals surface area contributed by atoms with Crippen LogP contribution in [-0.4, -0.2) is 26.1 Å². The molecule has 2 aromatic heterocycles. The minimum atomic E-state index is 0.263. The van der Waals surface area contributed by atoms with E-state index in [4.69, 9.17) is 5.73 Å². The van der Waals surface area contributed by atoms with Crippen LogP contribution < -0.4 is 5.73 Å². The molecule has 16 heavy (non-hydrogen) atoms. The van der Waals surface area contributed by atoms with Crippen molar-refractivity contribution in [2.45, 2.75) is 25.7 Å². The molecule has 0 radical (unpaired) electrons. The van der Waals surface area contributed by atoms with Crippen molar-refractivity contribution in [2.75, 3.05) is 6.54 Å². The van der Waals surface area contributed by atoms with Gasteiger partial charge < -0.3 is 5.73 Å². The van der Waals surface area contributed by atoms with Crippen molar-refractivity contribution in [1.29, 1.82) is 0 Å². The Balaban J connectivity index is 1.94. The molecule has 3 rings (SSSR count). The van der Waals surface area contributed by atoms with Crippen molar-refractivity contribution in [3.8, 4) is 0 Å². The lowest BCUT2D eigenvalue weighted by molar-refractivity contribution is 0.141. The summed E-state index contributed by atoms with van der Waals surface area (Å²) in [5.74, 6) is 1.65. The van der Waals surface area contributed by atoms with E-state index in [1.54, 1.807) is 6.20 Å². The molecule has 0 saturated heterocycles. The monoisotopic (exact) mass is 217 g/mol. The Kier molecular flexibility index (Phi) is 2.14. The Bertz CT molecular complexity index is 494. The van der Waals surface area contributed by atoms with Gasteiger partial charge in [-0.15, -0.1) is 10.2 Å². The number of rotatable bonds is 3. The summed E-state index contributed by atoms with van der Waals surface area (Å²) in [6.07, 6.45) is 8.30. The predicted molar refractivity (Wildman–Crippen MR) is 59.8 cm³/mol. The first-order chi connectivity index (χ1) is 7.83. The Hall–Kier alpha value is -1.49. The maximum atomic E-state index is 5.86. The third kappa shape index (κ3) is 1.39. The van der Waals surface area contributed by atoms with Crippen molar-refractivity contribution in [3.63, 3.8) is 0 Å². The van der Waals surface area contributed by atoms with Crippen molar-refractivity contribution >= 4 is 5.78 Å². The molecule has 0 spiro atoms. The summed E-state index contributed by atoms with van der Waals surface area (Å²) >= 11 is 0. The van der Waals surface area contributed by atoms with E-state index < -0.39 is 0 Å². The van der Waals surface area contributed by atoms with Crippen LogP contribution in [0.25, 0.3) is 5.78 Å². The maximum Gasteiger partial charge on any atom is 0.254 e. The molecule has 1 saturated carbocycles. The molecule has 0 unspecified atom stereocenters. The first kappa shape index (κ1) is 9.72. The molecule has 2 N–H and O–H groups in total. The average Bonchev–Trinajstić information content (AvgIpc) is 2.67. The fraction of sp³-hybridized carbons (Fsp3) is 0.545. The van der Waals surface area contributed by atoms with Gasteiger partial charge in [0.25, 0.3) is 5.78 Å². The highest BCUT2D eigenvalue weighted by Gasteiger charge is 2.36. The van der Waals surface area contributed by atoms with Crippen LogP contribution in [0, 0.1) is 5.41 Å². The molecule has 1 aliphatic carbocycles. The van der Waals surface area contributed by atoms with Gasteiger partial charge in [-0.05, 0) is 30.9 Å². The third-order valence-corrected chi connectivity index (χ3v) is 3.64. The van der Waals surface area contributed by atoms with Gasteiger partial charge in [0.1, 0.15) is 5.82 Å². The number of aromatic nitrogens is 4. The van der Waals surface area contributed by atoms with Crippen LogP contribution in [0.5, 0.6) is 0 Å². The van der Waals surface area contributed by atoms with Crippen molar-refractivity contribution < 1.29 is 0 Å². The Labute approximate surface area is 93.7 Å². The smallest absolute Gasteiger partial charge is 0.254 e. The number of hydrogen-bond donors (Lipinski definition) is 1. The van der Waals surface area contributed by atoms with Crippen molar-refractivity contribution in [1.82, 2.24) is 19.6 Å². The highest BCUT2D eigenvalue weighted by atomic mass is 15.3. The van der Waals surface area contributed by atoms with E-state index in [1.807, 2.05) is 16.7 Å². The molecular formula is C11H15N5. The number of nitrogens with zero attached hydrogens (tertiary/aromatic N) is 4. The summed E-state index contributed by atoms with van der Waals surface area (Å²) in [7, 11) is 0. The van der Waals surface area contributed by atoms with Gasteiger partial charge in [-0.2, -0.15) is 0 Å². The Morgan fingerprint density at radius 3 is 2.94 bits per heavy atom. The second-order valence-electron chi connectivity index (χ2n) is 4.64. The van der Waals surface area contributed by atoms with Crippen LogP contribution in [0.15, 0.2) is 18.5 Å². The van der Waals surface area contributed by atoms with Crippen LogP contribution >= 0.6 is 0 Å². The molecule has 0 aromatic carbocycles. The number of fused-ring (bicyclic) bond motifs is 1. The van der Waals surface area contributed by atoms with Crippen LogP contribution in [-0.2, 0) is 6.42 Å². The lowest BCUT2D eigenvalue weighted by Gasteiger charge is -2.40. The normalized spacial score (nSPS) is 18.6. The van der Waals surface area contributed by atoms with Crippen LogP contribution in [0.2, 0.25) is 0 Å². The van der Waals surface area contributed by atoms with Gasteiger partial charge in [-0.1, -0.05) is 6.42 Å². The molecule has 2 heterocycles. The zero-order valence-electron chi connectivity index (χ0n) is 9.13. The molecular weight excluding hydrogens is 202 g/mol. The topological polar surface area (TPSA) is 69.1 Å². The first-order valence-corrected chi connectivity index (χ1v) is 5.68. The molecule has 0 amide bonds. The van der Waals surface area contributed by atoms with Crippen molar-refractivity contribution in [2.24, 2.45) is 11.1 Å². The van der Waals surface area contributed by atoms with Crippen LogP contribution in [0.4, 0.5) is 0 Å². The minimum absolute atomic E-state index is 0.263. The molecule has 5 heteroatoms. The highest BCUT2D eigenvalue weighted by Crippen LogP contribution is 2.42. The van der Waals surface area contributed by atoms with E-state index in [9.17, 15) is 0 Å². The predicted octanol–water partition coefficient (Wildman–Crippen LogP) is 0.796. The quantitative estimate of drug-likeness (QED) is 0.825. The fourth-order valence-corrected chi connectivity index (χ4v) is 2.37. The molecule has 0 bridgehead atoms. The number of hydrogen-bond acceptors (Lipinski definition) is 4. The van der Waals surface area contributed by atoms with Crippen LogP contribution in [0.3, 0.4) is 0 Å². The summed E-state index contributed by atoms with van der Waals surface area (Å²) in [4.78, 5) is 4.16. The summed E-state index contributed by atoms with van der Waals surface area (Å²) in [6.45, 7) is 0.738. The minimum Gasteiger partial charge on any atom is -0.330 e. The third-order valence-electron chi connectivity index (χ3n) is 3.64. The van der Waals surface area contributed by atoms with Crippen molar-refractivity contribution in [3.05, 3.63) is 24.3 Å². The summed E-state index contributed by atoms with van der Waals surface area (Å²) < 4.78 is 1.95. The second-order valence-corrected chi connectivity index (χ2v) is 4.64.